The van der Waals surface area contributed by atoms with Crippen LogP contribution in [0, 0.1) is 0 Å². The number of nitrogens with zero attached hydrogens (tertiary/aromatic N) is 1. The van der Waals surface area contributed by atoms with Crippen molar-refractivity contribution in [2.75, 3.05) is 11.9 Å². The molecule has 3 nitrogen and oxygen atoms in total. The highest BCUT2D eigenvalue weighted by Gasteiger charge is 2.23. The van der Waals surface area contributed by atoms with Gasteiger partial charge in [0.15, 0.2) is 0 Å². The van der Waals surface area contributed by atoms with Crippen molar-refractivity contribution in [3.05, 3.63) is 59.2 Å². The highest BCUT2D eigenvalue weighted by atomic mass is 16.4. The summed E-state index contributed by atoms with van der Waals surface area (Å²) in [5.74, 6) is -0.861. The van der Waals surface area contributed by atoms with Crippen molar-refractivity contribution >= 4 is 17.3 Å². The Bertz CT molecular complexity index is 634. The van der Waals surface area contributed by atoms with E-state index in [9.17, 15) is 9.90 Å². The van der Waals surface area contributed by atoms with Gasteiger partial charge in [-0.05, 0) is 29.3 Å². The minimum atomic E-state index is -0.861. The number of fused-ring (bicyclic) bond motifs is 2. The van der Waals surface area contributed by atoms with Gasteiger partial charge in [0.25, 0.3) is 0 Å². The maximum atomic E-state index is 11.3. The van der Waals surface area contributed by atoms with Crippen molar-refractivity contribution in [3.8, 4) is 0 Å². The lowest BCUT2D eigenvalue weighted by molar-refractivity contribution is 0.0696. The molecule has 90 valence electrons. The molecule has 0 aliphatic carbocycles. The summed E-state index contributed by atoms with van der Waals surface area (Å²) < 4.78 is 0. The first-order valence-corrected chi connectivity index (χ1v) is 5.85. The SMILES string of the molecule is CN1c2ccccc2Cc2c(C(=O)O)cccc21. The second-order valence-corrected chi connectivity index (χ2v) is 4.47. The molecule has 1 N–H and O–H groups in total. The van der Waals surface area contributed by atoms with E-state index in [0.29, 0.717) is 12.0 Å². The third-order valence-electron chi connectivity index (χ3n) is 3.46. The first-order valence-electron chi connectivity index (χ1n) is 5.85. The van der Waals surface area contributed by atoms with Crippen molar-refractivity contribution in [3.63, 3.8) is 0 Å². The molecule has 3 heteroatoms. The Morgan fingerprint density at radius 2 is 1.83 bits per heavy atom. The van der Waals surface area contributed by atoms with Crippen molar-refractivity contribution in [2.45, 2.75) is 6.42 Å². The lowest BCUT2D eigenvalue weighted by atomic mass is 9.92. The van der Waals surface area contributed by atoms with Gasteiger partial charge in [-0.25, -0.2) is 4.79 Å². The zero-order chi connectivity index (χ0) is 12.7. The van der Waals surface area contributed by atoms with Crippen molar-refractivity contribution in [2.24, 2.45) is 0 Å². The summed E-state index contributed by atoms with van der Waals surface area (Å²) in [5.41, 5.74) is 4.59. The number of anilines is 2. The van der Waals surface area contributed by atoms with Gasteiger partial charge in [-0.1, -0.05) is 24.3 Å². The normalized spacial score (nSPS) is 12.8. The molecule has 18 heavy (non-hydrogen) atoms. The molecule has 0 spiro atoms. The predicted octanol–water partition coefficient (Wildman–Crippen LogP) is 3.06. The summed E-state index contributed by atoms with van der Waals surface area (Å²) in [6.45, 7) is 0. The van der Waals surface area contributed by atoms with E-state index in [-0.39, 0.29) is 0 Å². The van der Waals surface area contributed by atoms with Crippen LogP contribution < -0.4 is 4.90 Å². The third kappa shape index (κ3) is 1.48. The number of hydrogen-bond acceptors (Lipinski definition) is 2. The first kappa shape index (κ1) is 10.8. The van der Waals surface area contributed by atoms with Crippen LogP contribution in [0.3, 0.4) is 0 Å². The van der Waals surface area contributed by atoms with Crippen LogP contribution in [-0.4, -0.2) is 18.1 Å². The zero-order valence-corrected chi connectivity index (χ0v) is 10.1. The molecule has 2 aromatic carbocycles. The summed E-state index contributed by atoms with van der Waals surface area (Å²) >= 11 is 0. The Balaban J connectivity index is 2.22. The summed E-state index contributed by atoms with van der Waals surface area (Å²) in [6, 6.07) is 13.5. The van der Waals surface area contributed by atoms with E-state index >= 15 is 0 Å². The molecule has 0 unspecified atom stereocenters. The van der Waals surface area contributed by atoms with Crippen LogP contribution in [0.4, 0.5) is 11.4 Å². The average molecular weight is 239 g/mol. The van der Waals surface area contributed by atoms with Crippen LogP contribution in [0.15, 0.2) is 42.5 Å². The minimum absolute atomic E-state index is 0.397. The molecular formula is C15H13NO2. The molecule has 2 aromatic rings. The van der Waals surface area contributed by atoms with Gasteiger partial charge in [0.1, 0.15) is 0 Å². The lowest BCUT2D eigenvalue weighted by Crippen LogP contribution is -2.20. The monoisotopic (exact) mass is 239 g/mol. The van der Waals surface area contributed by atoms with E-state index in [4.69, 9.17) is 0 Å². The van der Waals surface area contributed by atoms with Crippen LogP contribution in [0.2, 0.25) is 0 Å². The molecule has 3 rings (SSSR count). The molecule has 0 saturated carbocycles. The quantitative estimate of drug-likeness (QED) is 0.831. The molecule has 0 atom stereocenters. The summed E-state index contributed by atoms with van der Waals surface area (Å²) in [6.07, 6.45) is 0.679. The Hall–Kier alpha value is -2.29. The number of carboxylic acids is 1. The van der Waals surface area contributed by atoms with E-state index in [1.165, 1.54) is 5.56 Å². The second kappa shape index (κ2) is 3.88. The molecule has 0 aromatic heterocycles. The van der Waals surface area contributed by atoms with Crippen LogP contribution in [-0.2, 0) is 6.42 Å². The Morgan fingerprint density at radius 3 is 2.61 bits per heavy atom. The smallest absolute Gasteiger partial charge is 0.336 e. The minimum Gasteiger partial charge on any atom is -0.478 e. The number of rotatable bonds is 1. The predicted molar refractivity (Wildman–Crippen MR) is 70.7 cm³/mol. The van der Waals surface area contributed by atoms with E-state index < -0.39 is 5.97 Å². The average Bonchev–Trinajstić information content (AvgIpc) is 2.38. The van der Waals surface area contributed by atoms with Gasteiger partial charge in [-0.3, -0.25) is 0 Å². The number of carbonyl (C=O) groups is 1. The molecule has 0 fully saturated rings. The number of para-hydroxylation sites is 1. The van der Waals surface area contributed by atoms with E-state index in [1.807, 2.05) is 31.3 Å². The van der Waals surface area contributed by atoms with E-state index in [2.05, 4.69) is 11.0 Å². The maximum absolute atomic E-state index is 11.3. The zero-order valence-electron chi connectivity index (χ0n) is 10.1. The first-order chi connectivity index (χ1) is 8.68. The maximum Gasteiger partial charge on any atom is 0.336 e. The van der Waals surface area contributed by atoms with Crippen LogP contribution in [0.25, 0.3) is 0 Å². The van der Waals surface area contributed by atoms with Crippen molar-refractivity contribution in [1.82, 2.24) is 0 Å². The van der Waals surface area contributed by atoms with Gasteiger partial charge in [0, 0.05) is 24.8 Å². The largest absolute Gasteiger partial charge is 0.478 e. The van der Waals surface area contributed by atoms with Crippen LogP contribution >= 0.6 is 0 Å². The van der Waals surface area contributed by atoms with Gasteiger partial charge in [0.05, 0.1) is 5.56 Å². The molecule has 1 heterocycles. The van der Waals surface area contributed by atoms with Crippen molar-refractivity contribution < 1.29 is 9.90 Å². The number of hydrogen-bond donors (Lipinski definition) is 1. The number of carboxylic acid groups (broad SMARTS) is 1. The molecule has 0 saturated heterocycles. The highest BCUT2D eigenvalue weighted by molar-refractivity contribution is 5.93. The third-order valence-corrected chi connectivity index (χ3v) is 3.46. The second-order valence-electron chi connectivity index (χ2n) is 4.47. The standard InChI is InChI=1S/C15H13NO2/c1-16-13-7-3-2-5-10(13)9-12-11(15(17)18)6-4-8-14(12)16/h2-8H,9H2,1H3,(H,17,18). The summed E-state index contributed by atoms with van der Waals surface area (Å²) in [7, 11) is 1.97. The number of benzene rings is 2. The highest BCUT2D eigenvalue weighted by Crippen LogP contribution is 2.38. The Labute approximate surface area is 105 Å². The van der Waals surface area contributed by atoms with Crippen molar-refractivity contribution in [1.29, 1.82) is 0 Å². The summed E-state index contributed by atoms with van der Waals surface area (Å²) in [4.78, 5) is 13.3. The van der Waals surface area contributed by atoms with Crippen LogP contribution in [0.5, 0.6) is 0 Å². The molecular weight excluding hydrogens is 226 g/mol. The van der Waals surface area contributed by atoms with Gasteiger partial charge in [0.2, 0.25) is 0 Å². The summed E-state index contributed by atoms with van der Waals surface area (Å²) in [5, 5.41) is 9.26. The van der Waals surface area contributed by atoms with Gasteiger partial charge >= 0.3 is 5.97 Å². The molecule has 0 bridgehead atoms. The molecule has 0 radical (unpaired) electrons. The van der Waals surface area contributed by atoms with E-state index in [0.717, 1.165) is 16.9 Å². The fourth-order valence-corrected chi connectivity index (χ4v) is 2.58. The lowest BCUT2D eigenvalue weighted by Gasteiger charge is -2.30. The Kier molecular flexibility index (Phi) is 2.33. The number of aromatic carboxylic acids is 1. The topological polar surface area (TPSA) is 40.5 Å². The van der Waals surface area contributed by atoms with E-state index in [1.54, 1.807) is 12.1 Å². The fourth-order valence-electron chi connectivity index (χ4n) is 2.58. The van der Waals surface area contributed by atoms with Gasteiger partial charge < -0.3 is 10.0 Å². The Morgan fingerprint density at radius 1 is 1.11 bits per heavy atom. The molecule has 0 amide bonds. The molecule has 1 aliphatic rings. The molecule has 1 aliphatic heterocycles. The van der Waals surface area contributed by atoms with Gasteiger partial charge in [-0.15, -0.1) is 0 Å². The van der Waals surface area contributed by atoms with Gasteiger partial charge in [-0.2, -0.15) is 0 Å². The van der Waals surface area contributed by atoms with Crippen LogP contribution in [0.1, 0.15) is 21.5 Å². The fraction of sp³-hybridized carbons (Fsp3) is 0.133.